The molecule has 0 spiro atoms. The molecular formula is C32H68P+. The average molecular weight is 484 g/mol. The second kappa shape index (κ2) is 21.7. The van der Waals surface area contributed by atoms with Crippen LogP contribution in [0.5, 0.6) is 0 Å². The largest absolute Gasteiger partial charge is 0.0654 e. The Bertz CT molecular complexity index is 326. The van der Waals surface area contributed by atoms with Crippen LogP contribution < -0.4 is 0 Å². The quantitative estimate of drug-likeness (QED) is 0.120. The Morgan fingerprint density at radius 3 is 0.697 bits per heavy atom. The molecule has 0 aromatic rings. The molecule has 0 saturated carbocycles. The first-order chi connectivity index (χ1) is 16.0. The van der Waals surface area contributed by atoms with Gasteiger partial charge in [-0.2, -0.15) is 0 Å². The van der Waals surface area contributed by atoms with E-state index in [0.717, 1.165) is 23.7 Å². The molecule has 0 nitrogen and oxygen atoms in total. The second-order valence-electron chi connectivity index (χ2n) is 11.6. The lowest BCUT2D eigenvalue weighted by Gasteiger charge is -2.33. The number of hydrogen-bond acceptors (Lipinski definition) is 0. The molecule has 0 heterocycles. The SMILES string of the molecule is CCCC(CC)CC[P+](CCC(CC)CCC)(CCC(CC)CCC)CCC(CC)CCC. The minimum Gasteiger partial charge on any atom is -0.0654 e. The maximum absolute atomic E-state index is 2.46. The number of hydrogen-bond donors (Lipinski definition) is 0. The fourth-order valence-corrected chi connectivity index (χ4v) is 11.3. The van der Waals surface area contributed by atoms with Gasteiger partial charge in [0, 0.05) is 7.26 Å². The second-order valence-corrected chi connectivity index (χ2v) is 16.1. The Hall–Kier alpha value is 0.430. The van der Waals surface area contributed by atoms with E-state index in [-0.39, 0.29) is 0 Å². The first kappa shape index (κ1) is 33.4. The van der Waals surface area contributed by atoms with E-state index in [9.17, 15) is 0 Å². The Kier molecular flexibility index (Phi) is 22.0. The van der Waals surface area contributed by atoms with Crippen molar-refractivity contribution in [1.29, 1.82) is 0 Å². The van der Waals surface area contributed by atoms with Crippen molar-refractivity contribution in [3.8, 4) is 0 Å². The van der Waals surface area contributed by atoms with Crippen molar-refractivity contribution >= 4 is 7.26 Å². The molecule has 0 radical (unpaired) electrons. The van der Waals surface area contributed by atoms with Crippen LogP contribution in [0.4, 0.5) is 0 Å². The molecule has 200 valence electrons. The Morgan fingerprint density at radius 1 is 0.333 bits per heavy atom. The summed E-state index contributed by atoms with van der Waals surface area (Å²) in [5, 5.41) is 0. The van der Waals surface area contributed by atoms with Crippen LogP contribution in [0.25, 0.3) is 0 Å². The molecule has 0 aliphatic heterocycles. The summed E-state index contributed by atoms with van der Waals surface area (Å²) in [5.41, 5.74) is 0. The van der Waals surface area contributed by atoms with Crippen LogP contribution in [-0.2, 0) is 0 Å². The maximum atomic E-state index is 2.46. The van der Waals surface area contributed by atoms with Crippen LogP contribution in [0, 0.1) is 23.7 Å². The lowest BCUT2D eigenvalue weighted by molar-refractivity contribution is 0.434. The standard InChI is InChI=1S/C32H68P/c1-9-17-29(13-5)21-25-33(26-22-30(14-6)18-10-2,27-23-31(15-7)19-11-3)28-24-32(16-8)20-12-4/h29-32H,9-28H2,1-8H3/q+1. The minimum atomic E-state index is -0.859. The highest BCUT2D eigenvalue weighted by Crippen LogP contribution is 2.62. The molecule has 0 aromatic carbocycles. The van der Waals surface area contributed by atoms with E-state index in [0.29, 0.717) is 0 Å². The van der Waals surface area contributed by atoms with E-state index in [1.807, 2.05) is 0 Å². The Morgan fingerprint density at radius 2 is 0.545 bits per heavy atom. The van der Waals surface area contributed by atoms with Gasteiger partial charge in [-0.15, -0.1) is 0 Å². The topological polar surface area (TPSA) is 0 Å². The van der Waals surface area contributed by atoms with Crippen molar-refractivity contribution < 1.29 is 0 Å². The molecule has 0 amide bonds. The summed E-state index contributed by atoms with van der Waals surface area (Å²) < 4.78 is 0. The van der Waals surface area contributed by atoms with Gasteiger partial charge in [0.25, 0.3) is 0 Å². The predicted octanol–water partition coefficient (Wildman–Crippen LogP) is 11.9. The van der Waals surface area contributed by atoms with Crippen molar-refractivity contribution in [2.45, 2.75) is 158 Å². The molecule has 0 aliphatic rings. The van der Waals surface area contributed by atoms with Crippen LogP contribution in [0.1, 0.15) is 158 Å². The minimum absolute atomic E-state index is 0.859. The van der Waals surface area contributed by atoms with Gasteiger partial charge in [-0.1, -0.05) is 132 Å². The van der Waals surface area contributed by atoms with Crippen molar-refractivity contribution in [2.24, 2.45) is 23.7 Å². The Balaban J connectivity index is 5.67. The van der Waals surface area contributed by atoms with Gasteiger partial charge in [-0.05, 0) is 49.4 Å². The molecule has 4 atom stereocenters. The molecule has 1 heteroatoms. The fraction of sp³-hybridized carbons (Fsp3) is 1.00. The first-order valence-electron chi connectivity index (χ1n) is 15.8. The van der Waals surface area contributed by atoms with Gasteiger partial charge >= 0.3 is 0 Å². The third kappa shape index (κ3) is 15.2. The van der Waals surface area contributed by atoms with Crippen LogP contribution in [0.15, 0.2) is 0 Å². The molecular weight excluding hydrogens is 415 g/mol. The van der Waals surface area contributed by atoms with Gasteiger partial charge in [-0.25, -0.2) is 0 Å². The van der Waals surface area contributed by atoms with Gasteiger partial charge in [-0.3, -0.25) is 0 Å². The summed E-state index contributed by atoms with van der Waals surface area (Å²) in [7, 11) is -0.859. The molecule has 0 fully saturated rings. The van der Waals surface area contributed by atoms with E-state index in [4.69, 9.17) is 0 Å². The summed E-state index contributed by atoms with van der Waals surface area (Å²) in [5.74, 6) is 3.95. The molecule has 0 aliphatic carbocycles. The van der Waals surface area contributed by atoms with Gasteiger partial charge in [0.05, 0.1) is 24.6 Å². The first-order valence-corrected chi connectivity index (χ1v) is 18.4. The zero-order valence-electron chi connectivity index (χ0n) is 24.9. The van der Waals surface area contributed by atoms with E-state index in [2.05, 4.69) is 55.4 Å². The van der Waals surface area contributed by atoms with Crippen molar-refractivity contribution in [2.75, 3.05) is 24.6 Å². The van der Waals surface area contributed by atoms with Gasteiger partial charge in [0.15, 0.2) is 0 Å². The zero-order chi connectivity index (χ0) is 25.0. The van der Waals surface area contributed by atoms with E-state index >= 15 is 0 Å². The third-order valence-corrected chi connectivity index (χ3v) is 14.0. The van der Waals surface area contributed by atoms with Crippen LogP contribution >= 0.6 is 7.26 Å². The lowest BCUT2D eigenvalue weighted by Crippen LogP contribution is -2.20. The highest BCUT2D eigenvalue weighted by molar-refractivity contribution is 7.75. The summed E-state index contributed by atoms with van der Waals surface area (Å²) in [4.78, 5) is 0. The normalized spacial score (nSPS) is 17.5. The monoisotopic (exact) mass is 484 g/mol. The molecule has 0 rings (SSSR count). The molecule has 0 bridgehead atoms. The predicted molar refractivity (Wildman–Crippen MR) is 160 cm³/mol. The van der Waals surface area contributed by atoms with E-state index in [1.165, 1.54) is 103 Å². The summed E-state index contributed by atoms with van der Waals surface area (Å²) in [6.07, 6.45) is 29.6. The average Bonchev–Trinajstić information content (AvgIpc) is 2.84. The molecule has 0 N–H and O–H groups in total. The lowest BCUT2D eigenvalue weighted by atomic mass is 9.98. The number of rotatable bonds is 24. The van der Waals surface area contributed by atoms with E-state index < -0.39 is 7.26 Å². The maximum Gasteiger partial charge on any atom is 0.0597 e. The smallest absolute Gasteiger partial charge is 0.0597 e. The van der Waals surface area contributed by atoms with Crippen molar-refractivity contribution in [1.82, 2.24) is 0 Å². The highest BCUT2D eigenvalue weighted by Gasteiger charge is 2.38. The fourth-order valence-electron chi connectivity index (χ4n) is 6.34. The van der Waals surface area contributed by atoms with Crippen molar-refractivity contribution in [3.63, 3.8) is 0 Å². The molecule has 0 saturated heterocycles. The third-order valence-electron chi connectivity index (χ3n) is 9.14. The van der Waals surface area contributed by atoms with Crippen LogP contribution in [0.3, 0.4) is 0 Å². The van der Waals surface area contributed by atoms with Crippen molar-refractivity contribution in [3.05, 3.63) is 0 Å². The van der Waals surface area contributed by atoms with Gasteiger partial charge in [0.1, 0.15) is 0 Å². The molecule has 0 aromatic heterocycles. The van der Waals surface area contributed by atoms with Gasteiger partial charge in [0.2, 0.25) is 0 Å². The molecule has 33 heavy (non-hydrogen) atoms. The summed E-state index contributed by atoms with van der Waals surface area (Å²) in [6.45, 7) is 19.4. The zero-order valence-corrected chi connectivity index (χ0v) is 25.8. The highest BCUT2D eigenvalue weighted by atomic mass is 31.2. The Labute approximate surface area is 213 Å². The summed E-state index contributed by atoms with van der Waals surface area (Å²) in [6, 6.07) is 0. The van der Waals surface area contributed by atoms with Gasteiger partial charge < -0.3 is 0 Å². The summed E-state index contributed by atoms with van der Waals surface area (Å²) >= 11 is 0. The van der Waals surface area contributed by atoms with E-state index in [1.54, 1.807) is 24.6 Å². The van der Waals surface area contributed by atoms with Crippen LogP contribution in [0.2, 0.25) is 0 Å². The van der Waals surface area contributed by atoms with Crippen LogP contribution in [-0.4, -0.2) is 24.6 Å². The molecule has 4 unspecified atom stereocenters.